The Hall–Kier alpha value is -3.67. The fourth-order valence-electron chi connectivity index (χ4n) is 3.53. The highest BCUT2D eigenvalue weighted by Gasteiger charge is 2.13. The molecular formula is C24H25N5O. The Labute approximate surface area is 176 Å². The molecule has 6 heteroatoms. The minimum Gasteiger partial charge on any atom is -0.307 e. The van der Waals surface area contributed by atoms with E-state index in [1.807, 2.05) is 96.9 Å². The van der Waals surface area contributed by atoms with Crippen molar-refractivity contribution in [2.75, 3.05) is 5.32 Å². The number of nitrogens with zero attached hydrogens (tertiary/aromatic N) is 4. The lowest BCUT2D eigenvalue weighted by atomic mass is 10.1. The standard InChI is InChI=1S/C24H25N5O/c1-17-12-19(3)28(26-17)16-21-10-7-11-22(14-21)24(30)25-23-13-18(2)27-29(23)15-20-8-5-4-6-9-20/h4-14H,15-16H2,1-3H3,(H,25,30). The van der Waals surface area contributed by atoms with E-state index in [0.29, 0.717) is 24.5 Å². The number of hydrogen-bond donors (Lipinski definition) is 1. The second-order valence-electron chi connectivity index (χ2n) is 7.55. The number of hydrogen-bond acceptors (Lipinski definition) is 3. The minimum atomic E-state index is -0.153. The van der Waals surface area contributed by atoms with Gasteiger partial charge in [0.15, 0.2) is 0 Å². The number of aromatic nitrogens is 4. The van der Waals surface area contributed by atoms with Gasteiger partial charge in [-0.05, 0) is 50.1 Å². The van der Waals surface area contributed by atoms with Crippen LogP contribution >= 0.6 is 0 Å². The van der Waals surface area contributed by atoms with Crippen molar-refractivity contribution in [1.29, 1.82) is 0 Å². The molecule has 2 aromatic carbocycles. The molecule has 1 N–H and O–H groups in total. The van der Waals surface area contributed by atoms with Crippen LogP contribution in [0, 0.1) is 20.8 Å². The summed E-state index contributed by atoms with van der Waals surface area (Å²) in [5.74, 6) is 0.532. The lowest BCUT2D eigenvalue weighted by Crippen LogP contribution is -2.16. The number of nitrogens with one attached hydrogen (secondary N) is 1. The molecule has 0 radical (unpaired) electrons. The summed E-state index contributed by atoms with van der Waals surface area (Å²) in [5, 5.41) is 12.0. The van der Waals surface area contributed by atoms with Gasteiger partial charge in [0.1, 0.15) is 5.82 Å². The van der Waals surface area contributed by atoms with E-state index >= 15 is 0 Å². The first-order valence-corrected chi connectivity index (χ1v) is 9.97. The first kappa shape index (κ1) is 19.6. The van der Waals surface area contributed by atoms with Crippen LogP contribution < -0.4 is 5.32 Å². The second-order valence-corrected chi connectivity index (χ2v) is 7.55. The van der Waals surface area contributed by atoms with Gasteiger partial charge in [0.05, 0.1) is 24.5 Å². The average molecular weight is 399 g/mol. The van der Waals surface area contributed by atoms with Crippen molar-refractivity contribution < 1.29 is 4.79 Å². The van der Waals surface area contributed by atoms with Gasteiger partial charge < -0.3 is 5.32 Å². The minimum absolute atomic E-state index is 0.153. The number of carbonyl (C=O) groups is 1. The third-order valence-electron chi connectivity index (χ3n) is 4.94. The van der Waals surface area contributed by atoms with Crippen LogP contribution in [0.2, 0.25) is 0 Å². The van der Waals surface area contributed by atoms with Crippen molar-refractivity contribution in [3.05, 3.63) is 101 Å². The van der Waals surface area contributed by atoms with E-state index in [4.69, 9.17) is 0 Å². The summed E-state index contributed by atoms with van der Waals surface area (Å²) in [5.41, 5.74) is 5.72. The van der Waals surface area contributed by atoms with E-state index < -0.39 is 0 Å². The van der Waals surface area contributed by atoms with Crippen LogP contribution in [0.15, 0.2) is 66.7 Å². The van der Waals surface area contributed by atoms with Crippen LogP contribution in [-0.2, 0) is 13.1 Å². The van der Waals surface area contributed by atoms with Gasteiger partial charge in [-0.2, -0.15) is 10.2 Å². The van der Waals surface area contributed by atoms with Gasteiger partial charge in [-0.1, -0.05) is 42.5 Å². The molecule has 0 saturated carbocycles. The molecule has 0 aliphatic heterocycles. The number of carbonyl (C=O) groups excluding carboxylic acids is 1. The Balaban J connectivity index is 1.51. The van der Waals surface area contributed by atoms with Gasteiger partial charge in [0.25, 0.3) is 5.91 Å². The van der Waals surface area contributed by atoms with Crippen molar-refractivity contribution in [3.8, 4) is 0 Å². The molecule has 2 aromatic heterocycles. The van der Waals surface area contributed by atoms with Crippen molar-refractivity contribution in [3.63, 3.8) is 0 Å². The molecule has 4 rings (SSSR count). The molecule has 0 aliphatic carbocycles. The molecule has 30 heavy (non-hydrogen) atoms. The Morgan fingerprint density at radius 3 is 2.20 bits per heavy atom. The zero-order valence-corrected chi connectivity index (χ0v) is 17.5. The molecule has 0 fully saturated rings. The fraction of sp³-hybridized carbons (Fsp3) is 0.208. The summed E-state index contributed by atoms with van der Waals surface area (Å²) in [6.45, 7) is 7.17. The van der Waals surface area contributed by atoms with Crippen LogP contribution in [-0.4, -0.2) is 25.5 Å². The number of rotatable bonds is 6. The van der Waals surface area contributed by atoms with Gasteiger partial charge in [-0.3, -0.25) is 9.48 Å². The zero-order valence-electron chi connectivity index (χ0n) is 17.5. The second kappa shape index (κ2) is 8.37. The molecule has 6 nitrogen and oxygen atoms in total. The Bertz CT molecular complexity index is 1170. The van der Waals surface area contributed by atoms with Crippen molar-refractivity contribution in [1.82, 2.24) is 19.6 Å². The lowest BCUT2D eigenvalue weighted by Gasteiger charge is -2.10. The first-order valence-electron chi connectivity index (χ1n) is 9.97. The molecule has 1 amide bonds. The van der Waals surface area contributed by atoms with Crippen LogP contribution in [0.1, 0.15) is 38.6 Å². The normalized spacial score (nSPS) is 10.9. The molecule has 0 spiro atoms. The summed E-state index contributed by atoms with van der Waals surface area (Å²) < 4.78 is 3.77. The predicted molar refractivity (Wildman–Crippen MR) is 118 cm³/mol. The van der Waals surface area contributed by atoms with Gasteiger partial charge >= 0.3 is 0 Å². The third-order valence-corrected chi connectivity index (χ3v) is 4.94. The van der Waals surface area contributed by atoms with Gasteiger partial charge in [-0.15, -0.1) is 0 Å². The van der Waals surface area contributed by atoms with Crippen LogP contribution in [0.4, 0.5) is 5.82 Å². The molecule has 0 bridgehead atoms. The summed E-state index contributed by atoms with van der Waals surface area (Å²) in [7, 11) is 0. The van der Waals surface area contributed by atoms with E-state index in [2.05, 4.69) is 15.5 Å². The molecule has 0 atom stereocenters. The predicted octanol–water partition coefficient (Wildman–Crippen LogP) is 4.35. The number of anilines is 1. The van der Waals surface area contributed by atoms with Gasteiger partial charge in [0.2, 0.25) is 0 Å². The van der Waals surface area contributed by atoms with Crippen molar-refractivity contribution in [2.45, 2.75) is 33.9 Å². The zero-order chi connectivity index (χ0) is 21.1. The van der Waals surface area contributed by atoms with Crippen molar-refractivity contribution in [2.24, 2.45) is 0 Å². The maximum absolute atomic E-state index is 12.9. The van der Waals surface area contributed by atoms with Gasteiger partial charge in [0, 0.05) is 17.3 Å². The number of amides is 1. The molecule has 0 saturated heterocycles. The Kier molecular flexibility index (Phi) is 5.48. The Morgan fingerprint density at radius 2 is 1.47 bits per heavy atom. The summed E-state index contributed by atoms with van der Waals surface area (Å²) in [4.78, 5) is 12.9. The van der Waals surface area contributed by atoms with E-state index in [0.717, 1.165) is 28.2 Å². The molecule has 152 valence electrons. The largest absolute Gasteiger partial charge is 0.307 e. The molecule has 0 unspecified atom stereocenters. The topological polar surface area (TPSA) is 64.7 Å². The third kappa shape index (κ3) is 4.49. The van der Waals surface area contributed by atoms with E-state index in [1.165, 1.54) is 0 Å². The van der Waals surface area contributed by atoms with Crippen LogP contribution in [0.25, 0.3) is 0 Å². The smallest absolute Gasteiger partial charge is 0.256 e. The SMILES string of the molecule is Cc1cc(C)n(Cc2cccc(C(=O)Nc3cc(C)nn3Cc3ccccc3)c2)n1. The monoisotopic (exact) mass is 399 g/mol. The number of benzene rings is 2. The molecule has 2 heterocycles. The van der Waals surface area contributed by atoms with Crippen LogP contribution in [0.5, 0.6) is 0 Å². The molecule has 0 aliphatic rings. The fourth-order valence-corrected chi connectivity index (χ4v) is 3.53. The molecular weight excluding hydrogens is 374 g/mol. The summed E-state index contributed by atoms with van der Waals surface area (Å²) in [6, 6.07) is 21.7. The van der Waals surface area contributed by atoms with Crippen molar-refractivity contribution >= 4 is 11.7 Å². The average Bonchev–Trinajstić information content (AvgIpc) is 3.23. The quantitative estimate of drug-likeness (QED) is 0.524. The van der Waals surface area contributed by atoms with E-state index in [9.17, 15) is 4.79 Å². The highest BCUT2D eigenvalue weighted by Crippen LogP contribution is 2.16. The van der Waals surface area contributed by atoms with Gasteiger partial charge in [-0.25, -0.2) is 4.68 Å². The summed E-state index contributed by atoms with van der Waals surface area (Å²) >= 11 is 0. The lowest BCUT2D eigenvalue weighted by molar-refractivity contribution is 0.102. The maximum atomic E-state index is 12.9. The number of aryl methyl sites for hydroxylation is 3. The first-order chi connectivity index (χ1) is 14.5. The highest BCUT2D eigenvalue weighted by molar-refractivity contribution is 6.03. The van der Waals surface area contributed by atoms with Crippen LogP contribution in [0.3, 0.4) is 0 Å². The Morgan fingerprint density at radius 1 is 0.800 bits per heavy atom. The molecule has 4 aromatic rings. The highest BCUT2D eigenvalue weighted by atomic mass is 16.1. The summed E-state index contributed by atoms with van der Waals surface area (Å²) in [6.07, 6.45) is 0. The maximum Gasteiger partial charge on any atom is 0.256 e. The van der Waals surface area contributed by atoms with E-state index in [-0.39, 0.29) is 5.91 Å². The van der Waals surface area contributed by atoms with E-state index in [1.54, 1.807) is 0 Å².